The molecule has 1 amide bonds. The Labute approximate surface area is 218 Å². The average molecular weight is 547 g/mol. The van der Waals surface area contributed by atoms with Crippen LogP contribution in [-0.4, -0.2) is 50.9 Å². The van der Waals surface area contributed by atoms with E-state index in [2.05, 4.69) is 25.1 Å². The zero-order chi connectivity index (χ0) is 26.9. The van der Waals surface area contributed by atoms with Crippen molar-refractivity contribution in [3.63, 3.8) is 0 Å². The largest absolute Gasteiger partial charge is 0.573 e. The van der Waals surface area contributed by atoms with Crippen molar-refractivity contribution in [2.45, 2.75) is 25.1 Å². The van der Waals surface area contributed by atoms with Crippen molar-refractivity contribution in [3.05, 3.63) is 77.4 Å². The molecule has 0 bridgehead atoms. The minimum atomic E-state index is -4.88. The van der Waals surface area contributed by atoms with Gasteiger partial charge in [-0.3, -0.25) is 4.90 Å². The first-order valence-corrected chi connectivity index (χ1v) is 11.5. The van der Waals surface area contributed by atoms with Gasteiger partial charge >= 0.3 is 12.5 Å². The topological polar surface area (TPSA) is 104 Å². The Balaban J connectivity index is 1.47. The van der Waals surface area contributed by atoms with Crippen LogP contribution in [0.3, 0.4) is 0 Å². The van der Waals surface area contributed by atoms with E-state index in [1.165, 1.54) is 41.2 Å². The fourth-order valence-corrected chi connectivity index (χ4v) is 4.15. The van der Waals surface area contributed by atoms with Gasteiger partial charge in [-0.05, 0) is 53.2 Å². The quantitative estimate of drug-likeness (QED) is 0.317. The molecule has 4 aromatic rings. The molecule has 1 aliphatic rings. The molecule has 0 spiro atoms. The van der Waals surface area contributed by atoms with Crippen LogP contribution < -0.4 is 14.4 Å². The van der Waals surface area contributed by atoms with Gasteiger partial charge in [-0.25, -0.2) is 9.78 Å². The lowest BCUT2D eigenvalue weighted by molar-refractivity contribution is -0.274. The number of anilines is 1. The van der Waals surface area contributed by atoms with Crippen LogP contribution in [-0.2, 0) is 11.3 Å². The molecule has 0 saturated carbocycles. The number of carbonyl (C=O) groups is 1. The van der Waals surface area contributed by atoms with E-state index in [0.29, 0.717) is 27.7 Å². The number of alkyl halides is 3. The second kappa shape index (κ2) is 10.2. The number of nitrogens with zero attached hydrogens (tertiary/aromatic N) is 6. The molecule has 0 N–H and O–H groups in total. The summed E-state index contributed by atoms with van der Waals surface area (Å²) in [6.45, 7) is -0.0402. The molecule has 2 aromatic carbocycles. The lowest BCUT2D eigenvalue weighted by atomic mass is 9.99. The lowest BCUT2D eigenvalue weighted by Gasteiger charge is -2.25. The number of carbonyl (C=O) groups excluding carboxylic acids is 1. The number of halogens is 4. The van der Waals surface area contributed by atoms with Crippen molar-refractivity contribution in [2.75, 3.05) is 12.0 Å². The van der Waals surface area contributed by atoms with Gasteiger partial charge in [-0.15, -0.1) is 23.4 Å². The van der Waals surface area contributed by atoms with Crippen molar-refractivity contribution < 1.29 is 32.2 Å². The summed E-state index contributed by atoms with van der Waals surface area (Å²) in [6.07, 6.45) is -4.96. The number of pyridine rings is 1. The van der Waals surface area contributed by atoms with Gasteiger partial charge in [-0.2, -0.15) is 4.80 Å². The van der Waals surface area contributed by atoms with Crippen molar-refractivity contribution in [1.82, 2.24) is 25.2 Å². The minimum absolute atomic E-state index is 0.0402. The van der Waals surface area contributed by atoms with Gasteiger partial charge in [0, 0.05) is 28.5 Å². The zero-order valence-corrected chi connectivity index (χ0v) is 20.3. The van der Waals surface area contributed by atoms with Crippen LogP contribution in [0, 0.1) is 0 Å². The molecular formula is C24H18ClF3N6O4. The van der Waals surface area contributed by atoms with Crippen LogP contribution in [0.4, 0.5) is 23.7 Å². The van der Waals surface area contributed by atoms with E-state index in [0.717, 1.165) is 0 Å². The molecule has 10 nitrogen and oxygen atoms in total. The predicted molar refractivity (Wildman–Crippen MR) is 128 cm³/mol. The number of methoxy groups -OCH3 is 1. The van der Waals surface area contributed by atoms with Gasteiger partial charge in [0.15, 0.2) is 0 Å². The van der Waals surface area contributed by atoms with E-state index in [1.54, 1.807) is 42.5 Å². The van der Waals surface area contributed by atoms with Crippen LogP contribution in [0.15, 0.2) is 66.9 Å². The number of rotatable bonds is 7. The molecule has 0 radical (unpaired) electrons. The molecule has 1 saturated heterocycles. The first kappa shape index (κ1) is 25.3. The summed E-state index contributed by atoms with van der Waals surface area (Å²) < 4.78 is 53.4. The zero-order valence-electron chi connectivity index (χ0n) is 19.5. The van der Waals surface area contributed by atoms with E-state index < -0.39 is 30.4 Å². The van der Waals surface area contributed by atoms with E-state index in [9.17, 15) is 18.0 Å². The van der Waals surface area contributed by atoms with E-state index >= 15 is 0 Å². The number of tetrazole rings is 1. The highest BCUT2D eigenvalue weighted by Crippen LogP contribution is 2.39. The maximum absolute atomic E-state index is 13.0. The summed E-state index contributed by atoms with van der Waals surface area (Å²) in [5.74, 6) is 0.259. The predicted octanol–water partition coefficient (Wildman–Crippen LogP) is 5.06. The maximum atomic E-state index is 13.0. The lowest BCUT2D eigenvalue weighted by Crippen LogP contribution is -2.31. The Hall–Kier alpha value is -4.39. The van der Waals surface area contributed by atoms with E-state index in [-0.39, 0.29) is 12.4 Å². The Kier molecular flexibility index (Phi) is 6.76. The van der Waals surface area contributed by atoms with Crippen LogP contribution in [0.25, 0.3) is 11.4 Å². The van der Waals surface area contributed by atoms with Crippen LogP contribution in [0.5, 0.6) is 11.6 Å². The van der Waals surface area contributed by atoms with Crippen molar-refractivity contribution in [3.8, 4) is 23.0 Å². The number of amides is 1. The van der Waals surface area contributed by atoms with Crippen molar-refractivity contribution in [1.29, 1.82) is 0 Å². The minimum Gasteiger partial charge on any atom is -0.481 e. The number of hydrogen-bond acceptors (Lipinski definition) is 8. The van der Waals surface area contributed by atoms with Crippen LogP contribution in [0.2, 0.25) is 5.02 Å². The number of hydrogen-bond donors (Lipinski definition) is 0. The van der Waals surface area contributed by atoms with Gasteiger partial charge in [0.25, 0.3) is 0 Å². The van der Waals surface area contributed by atoms with Crippen LogP contribution >= 0.6 is 11.6 Å². The molecular weight excluding hydrogens is 529 g/mol. The molecule has 1 fully saturated rings. The number of ether oxygens (including phenoxy) is 3. The average Bonchev–Trinajstić information content (AvgIpc) is 3.48. The molecule has 0 unspecified atom stereocenters. The van der Waals surface area contributed by atoms with Gasteiger partial charge in [-0.1, -0.05) is 23.7 Å². The summed E-state index contributed by atoms with van der Waals surface area (Å²) in [4.78, 5) is 19.7. The second-order valence-corrected chi connectivity index (χ2v) is 8.53. The number of aromatic nitrogens is 5. The summed E-state index contributed by atoms with van der Waals surface area (Å²) in [5.41, 5.74) is 1.36. The third-order valence-electron chi connectivity index (χ3n) is 5.62. The molecule has 3 heterocycles. The third-order valence-corrected chi connectivity index (χ3v) is 5.87. The Morgan fingerprint density at radius 1 is 1.11 bits per heavy atom. The first-order valence-electron chi connectivity index (χ1n) is 11.1. The summed E-state index contributed by atoms with van der Waals surface area (Å²) in [5, 5.41) is 12.9. The Morgan fingerprint density at radius 3 is 2.58 bits per heavy atom. The molecule has 2 aromatic heterocycles. The first-order chi connectivity index (χ1) is 18.2. The SMILES string of the molecule is COc1ccc(-c2nnn(C[C@@H]3OC(=O)N(c4ccc(Cl)cc4)[C@H]3c3cccc(OC(F)(F)F)c3)n2)cn1. The maximum Gasteiger partial charge on any atom is 0.573 e. The molecule has 14 heteroatoms. The third kappa shape index (κ3) is 5.47. The van der Waals surface area contributed by atoms with Gasteiger partial charge < -0.3 is 14.2 Å². The highest BCUT2D eigenvalue weighted by atomic mass is 35.5. The monoisotopic (exact) mass is 546 g/mol. The summed E-state index contributed by atoms with van der Waals surface area (Å²) >= 11 is 6.00. The normalized spacial score (nSPS) is 17.4. The fourth-order valence-electron chi connectivity index (χ4n) is 4.03. The smallest absolute Gasteiger partial charge is 0.481 e. The van der Waals surface area contributed by atoms with Crippen molar-refractivity contribution in [2.24, 2.45) is 0 Å². The molecule has 1 aliphatic heterocycles. The van der Waals surface area contributed by atoms with Gasteiger partial charge in [0.2, 0.25) is 11.7 Å². The van der Waals surface area contributed by atoms with E-state index in [4.69, 9.17) is 21.1 Å². The summed E-state index contributed by atoms with van der Waals surface area (Å²) in [7, 11) is 1.49. The summed E-state index contributed by atoms with van der Waals surface area (Å²) in [6, 6.07) is 14.3. The number of cyclic esters (lactones) is 1. The van der Waals surface area contributed by atoms with E-state index in [1.807, 2.05) is 0 Å². The molecule has 5 rings (SSSR count). The Bertz CT molecular complexity index is 1430. The molecule has 196 valence electrons. The highest BCUT2D eigenvalue weighted by molar-refractivity contribution is 6.30. The standard InChI is InChI=1S/C24H18ClF3N6O4/c1-36-20-10-5-15(12-29-20)22-30-32-33(31-22)13-19-21(14-3-2-4-18(11-14)38-24(26,27)28)34(23(35)37-19)17-8-6-16(25)7-9-17/h2-12,19,21H,13H2,1H3/t19-,21-/m0/s1. The molecule has 38 heavy (non-hydrogen) atoms. The fraction of sp³-hybridized carbons (Fsp3) is 0.208. The molecule has 2 atom stereocenters. The Morgan fingerprint density at radius 2 is 1.89 bits per heavy atom. The molecule has 0 aliphatic carbocycles. The van der Waals surface area contributed by atoms with Crippen LogP contribution in [0.1, 0.15) is 11.6 Å². The van der Waals surface area contributed by atoms with Crippen molar-refractivity contribution >= 4 is 23.4 Å². The number of benzene rings is 2. The highest BCUT2D eigenvalue weighted by Gasteiger charge is 2.44. The van der Waals surface area contributed by atoms with Gasteiger partial charge in [0.1, 0.15) is 24.4 Å². The second-order valence-electron chi connectivity index (χ2n) is 8.09. The van der Waals surface area contributed by atoms with Gasteiger partial charge in [0.05, 0.1) is 7.11 Å².